The minimum Gasteiger partial charge on any atom is -0.492 e. The number of carbonyl (C=O) groups is 1. The largest absolute Gasteiger partial charge is 0.492 e. The van der Waals surface area contributed by atoms with Gasteiger partial charge in [-0.05, 0) is 40.9 Å². The Labute approximate surface area is 134 Å². The number of rotatable bonds is 4. The van der Waals surface area contributed by atoms with Crippen molar-refractivity contribution < 1.29 is 9.53 Å². The number of amides is 1. The maximum Gasteiger partial charge on any atom is 0.226 e. The number of hydrogen-bond acceptors (Lipinski definition) is 3. The summed E-state index contributed by atoms with van der Waals surface area (Å²) in [6.45, 7) is 1.89. The molecule has 0 radical (unpaired) electrons. The first kappa shape index (κ1) is 17.3. The Bertz CT molecular complexity index is 445. The van der Waals surface area contributed by atoms with Gasteiger partial charge in [-0.1, -0.05) is 12.1 Å². The number of piperidine rings is 1. The van der Waals surface area contributed by atoms with Gasteiger partial charge in [0.25, 0.3) is 0 Å². The fourth-order valence-electron chi connectivity index (χ4n) is 2.20. The lowest BCUT2D eigenvalue weighted by Crippen LogP contribution is -2.46. The number of benzene rings is 1. The summed E-state index contributed by atoms with van der Waals surface area (Å²) in [5, 5.41) is 0. The van der Waals surface area contributed by atoms with Crippen LogP contribution in [0.15, 0.2) is 28.7 Å². The Balaban J connectivity index is 0.00000200. The van der Waals surface area contributed by atoms with Crippen LogP contribution in [0.1, 0.15) is 19.3 Å². The lowest BCUT2D eigenvalue weighted by molar-refractivity contribution is -0.132. The third kappa shape index (κ3) is 4.96. The van der Waals surface area contributed by atoms with E-state index >= 15 is 0 Å². The Hall–Kier alpha value is -0.780. The Morgan fingerprint density at radius 1 is 1.45 bits per heavy atom. The smallest absolute Gasteiger partial charge is 0.226 e. The van der Waals surface area contributed by atoms with Gasteiger partial charge in [0.1, 0.15) is 5.75 Å². The van der Waals surface area contributed by atoms with Gasteiger partial charge in [-0.3, -0.25) is 4.79 Å². The van der Waals surface area contributed by atoms with E-state index < -0.39 is 0 Å². The van der Waals surface area contributed by atoms with Crippen LogP contribution in [0.2, 0.25) is 0 Å². The first-order valence-electron chi connectivity index (χ1n) is 6.57. The zero-order valence-electron chi connectivity index (χ0n) is 11.3. The molecule has 6 heteroatoms. The highest BCUT2D eigenvalue weighted by atomic mass is 79.9. The third-order valence-electron chi connectivity index (χ3n) is 3.22. The molecule has 1 aromatic carbocycles. The number of ether oxygens (including phenoxy) is 1. The second-order valence-electron chi connectivity index (χ2n) is 4.77. The van der Waals surface area contributed by atoms with Gasteiger partial charge in [0.05, 0.1) is 17.5 Å². The lowest BCUT2D eigenvalue weighted by Gasteiger charge is -2.30. The van der Waals surface area contributed by atoms with E-state index in [1.165, 1.54) is 0 Å². The van der Waals surface area contributed by atoms with Crippen molar-refractivity contribution in [3.05, 3.63) is 28.7 Å². The minimum absolute atomic E-state index is 0. The molecule has 0 bridgehead atoms. The van der Waals surface area contributed by atoms with Crippen LogP contribution < -0.4 is 10.5 Å². The fraction of sp³-hybridized carbons (Fsp3) is 0.500. The lowest BCUT2D eigenvalue weighted by atomic mass is 10.1. The van der Waals surface area contributed by atoms with Crippen molar-refractivity contribution in [2.45, 2.75) is 25.3 Å². The summed E-state index contributed by atoms with van der Waals surface area (Å²) < 4.78 is 6.50. The second kappa shape index (κ2) is 8.49. The molecule has 112 valence electrons. The van der Waals surface area contributed by atoms with Crippen molar-refractivity contribution in [2.75, 3.05) is 19.7 Å². The maximum absolute atomic E-state index is 12.0. The van der Waals surface area contributed by atoms with Gasteiger partial charge < -0.3 is 15.4 Å². The highest BCUT2D eigenvalue weighted by Gasteiger charge is 2.20. The van der Waals surface area contributed by atoms with Crippen LogP contribution in [0.4, 0.5) is 0 Å². The number of carbonyl (C=O) groups excluding carboxylic acids is 1. The van der Waals surface area contributed by atoms with Gasteiger partial charge in [-0.2, -0.15) is 0 Å². The fourth-order valence-corrected chi connectivity index (χ4v) is 2.60. The molecule has 1 saturated heterocycles. The Morgan fingerprint density at radius 3 is 2.90 bits per heavy atom. The van der Waals surface area contributed by atoms with Crippen LogP contribution in [0, 0.1) is 0 Å². The van der Waals surface area contributed by atoms with Gasteiger partial charge in [0, 0.05) is 19.1 Å². The van der Waals surface area contributed by atoms with Crippen LogP contribution in [-0.4, -0.2) is 36.5 Å². The van der Waals surface area contributed by atoms with Crippen molar-refractivity contribution in [1.82, 2.24) is 4.90 Å². The molecular weight excluding hydrogens is 344 g/mol. The second-order valence-corrected chi connectivity index (χ2v) is 5.63. The van der Waals surface area contributed by atoms with E-state index in [2.05, 4.69) is 15.9 Å². The highest BCUT2D eigenvalue weighted by molar-refractivity contribution is 9.10. The molecule has 20 heavy (non-hydrogen) atoms. The summed E-state index contributed by atoms with van der Waals surface area (Å²) in [4.78, 5) is 13.8. The van der Waals surface area contributed by atoms with E-state index in [0.717, 1.165) is 29.6 Å². The molecule has 1 aliphatic heterocycles. The van der Waals surface area contributed by atoms with Crippen LogP contribution in [-0.2, 0) is 4.79 Å². The van der Waals surface area contributed by atoms with Crippen molar-refractivity contribution in [2.24, 2.45) is 5.73 Å². The molecule has 1 aliphatic rings. The molecule has 2 rings (SSSR count). The summed E-state index contributed by atoms with van der Waals surface area (Å²) in [5.74, 6) is 0.896. The summed E-state index contributed by atoms with van der Waals surface area (Å²) >= 11 is 3.41. The predicted octanol–water partition coefficient (Wildman–Crippen LogP) is 2.59. The van der Waals surface area contributed by atoms with Crippen LogP contribution in [0.25, 0.3) is 0 Å². The van der Waals surface area contributed by atoms with E-state index in [0.29, 0.717) is 19.6 Å². The van der Waals surface area contributed by atoms with E-state index in [1.54, 1.807) is 0 Å². The number of nitrogens with two attached hydrogens (primary N) is 1. The molecule has 1 unspecified atom stereocenters. The SMILES string of the molecule is Cl.NC1CCCN(C(=O)CCOc2ccccc2Br)C1. The van der Waals surface area contributed by atoms with E-state index in [4.69, 9.17) is 10.5 Å². The topological polar surface area (TPSA) is 55.6 Å². The minimum atomic E-state index is 0. The highest BCUT2D eigenvalue weighted by Crippen LogP contribution is 2.23. The van der Waals surface area contributed by atoms with Gasteiger partial charge in [0.15, 0.2) is 0 Å². The number of likely N-dealkylation sites (tertiary alicyclic amines) is 1. The van der Waals surface area contributed by atoms with E-state index in [1.807, 2.05) is 29.2 Å². The predicted molar refractivity (Wildman–Crippen MR) is 85.3 cm³/mol. The molecule has 1 heterocycles. The van der Waals surface area contributed by atoms with Crippen LogP contribution >= 0.6 is 28.3 Å². The zero-order chi connectivity index (χ0) is 13.7. The number of hydrogen-bond donors (Lipinski definition) is 1. The van der Waals surface area contributed by atoms with E-state index in [9.17, 15) is 4.79 Å². The van der Waals surface area contributed by atoms with Gasteiger partial charge in [-0.15, -0.1) is 12.4 Å². The Morgan fingerprint density at radius 2 is 2.20 bits per heavy atom. The molecule has 0 spiro atoms. The number of nitrogens with zero attached hydrogens (tertiary/aromatic N) is 1. The van der Waals surface area contributed by atoms with Crippen molar-refractivity contribution in [3.63, 3.8) is 0 Å². The van der Waals surface area contributed by atoms with Crippen molar-refractivity contribution in [1.29, 1.82) is 0 Å². The summed E-state index contributed by atoms with van der Waals surface area (Å²) in [6.07, 6.45) is 2.41. The van der Waals surface area contributed by atoms with E-state index in [-0.39, 0.29) is 24.4 Å². The molecule has 1 amide bonds. The van der Waals surface area contributed by atoms with Crippen molar-refractivity contribution in [3.8, 4) is 5.75 Å². The van der Waals surface area contributed by atoms with Crippen molar-refractivity contribution >= 4 is 34.2 Å². The summed E-state index contributed by atoms with van der Waals surface area (Å²) in [5.41, 5.74) is 5.87. The number of para-hydroxylation sites is 1. The van der Waals surface area contributed by atoms with Gasteiger partial charge >= 0.3 is 0 Å². The Kier molecular flexibility index (Phi) is 7.34. The molecule has 1 fully saturated rings. The van der Waals surface area contributed by atoms with Gasteiger partial charge in [0.2, 0.25) is 5.91 Å². The first-order chi connectivity index (χ1) is 9.16. The number of halogens is 2. The molecule has 0 aromatic heterocycles. The summed E-state index contributed by atoms with van der Waals surface area (Å²) in [6, 6.07) is 7.76. The monoisotopic (exact) mass is 362 g/mol. The quantitative estimate of drug-likeness (QED) is 0.894. The molecular formula is C14H20BrClN2O2. The molecule has 0 aliphatic carbocycles. The van der Waals surface area contributed by atoms with Crippen LogP contribution in [0.5, 0.6) is 5.75 Å². The third-order valence-corrected chi connectivity index (χ3v) is 3.88. The summed E-state index contributed by atoms with van der Waals surface area (Å²) in [7, 11) is 0. The average molecular weight is 364 g/mol. The normalized spacial score (nSPS) is 18.3. The maximum atomic E-state index is 12.0. The van der Waals surface area contributed by atoms with Crippen LogP contribution in [0.3, 0.4) is 0 Å². The standard InChI is InChI=1S/C14H19BrN2O2.ClH/c15-12-5-1-2-6-13(12)19-9-7-14(18)17-8-3-4-11(16)10-17;/h1-2,5-6,11H,3-4,7-10,16H2;1H. The average Bonchev–Trinajstić information content (AvgIpc) is 2.41. The molecule has 4 nitrogen and oxygen atoms in total. The molecule has 0 saturated carbocycles. The zero-order valence-corrected chi connectivity index (χ0v) is 13.7. The molecule has 1 atom stereocenters. The molecule has 1 aromatic rings. The first-order valence-corrected chi connectivity index (χ1v) is 7.37. The molecule has 2 N–H and O–H groups in total. The van der Waals surface area contributed by atoms with Gasteiger partial charge in [-0.25, -0.2) is 0 Å².